The molecule has 3 aromatic rings. The van der Waals surface area contributed by atoms with Gasteiger partial charge in [0.05, 0.1) is 6.54 Å². The van der Waals surface area contributed by atoms with Gasteiger partial charge < -0.3 is 15.4 Å². The van der Waals surface area contributed by atoms with Crippen molar-refractivity contribution in [1.82, 2.24) is 25.4 Å². The predicted octanol–water partition coefficient (Wildman–Crippen LogP) is 2.01. The minimum absolute atomic E-state index is 0.559. The Labute approximate surface area is 152 Å². The van der Waals surface area contributed by atoms with E-state index in [1.165, 1.54) is 0 Å². The zero-order valence-electron chi connectivity index (χ0n) is 14.7. The molecular formula is C19H22N6O. The molecule has 134 valence electrons. The zero-order chi connectivity index (χ0) is 18.0. The molecule has 0 atom stereocenters. The second-order valence-electron chi connectivity index (χ2n) is 5.49. The van der Waals surface area contributed by atoms with Gasteiger partial charge in [-0.15, -0.1) is 0 Å². The van der Waals surface area contributed by atoms with Crippen molar-refractivity contribution in [3.05, 3.63) is 72.7 Å². The van der Waals surface area contributed by atoms with E-state index in [1.807, 2.05) is 54.7 Å². The van der Waals surface area contributed by atoms with Gasteiger partial charge in [0, 0.05) is 32.2 Å². The molecule has 2 heterocycles. The molecule has 0 saturated heterocycles. The van der Waals surface area contributed by atoms with Crippen molar-refractivity contribution in [3.63, 3.8) is 0 Å². The molecule has 0 spiro atoms. The van der Waals surface area contributed by atoms with Crippen LogP contribution in [0.15, 0.2) is 72.1 Å². The number of hydrogen-bond donors (Lipinski definition) is 2. The summed E-state index contributed by atoms with van der Waals surface area (Å²) < 4.78 is 7.39. The van der Waals surface area contributed by atoms with E-state index in [2.05, 4.69) is 25.7 Å². The van der Waals surface area contributed by atoms with Crippen molar-refractivity contribution in [2.75, 3.05) is 20.2 Å². The van der Waals surface area contributed by atoms with E-state index in [-0.39, 0.29) is 0 Å². The highest BCUT2D eigenvalue weighted by molar-refractivity contribution is 5.79. The van der Waals surface area contributed by atoms with Crippen LogP contribution in [0.1, 0.15) is 5.56 Å². The normalized spacial score (nSPS) is 11.2. The molecule has 0 amide bonds. The molecule has 0 bridgehead atoms. The average Bonchev–Trinajstić information content (AvgIpc) is 3.23. The second kappa shape index (κ2) is 9.22. The SMILES string of the molecule is CN=C(NCCOc1ccccc1)NCc1ccnc(-n2cccn2)c1. The van der Waals surface area contributed by atoms with Crippen LogP contribution in [0.25, 0.3) is 5.82 Å². The van der Waals surface area contributed by atoms with Gasteiger partial charge in [-0.3, -0.25) is 4.99 Å². The number of nitrogens with zero attached hydrogens (tertiary/aromatic N) is 4. The Bertz CT molecular complexity index is 817. The van der Waals surface area contributed by atoms with E-state index >= 15 is 0 Å². The molecule has 1 aromatic carbocycles. The van der Waals surface area contributed by atoms with Crippen molar-refractivity contribution in [2.45, 2.75) is 6.54 Å². The molecule has 2 aromatic heterocycles. The van der Waals surface area contributed by atoms with Gasteiger partial charge >= 0.3 is 0 Å². The van der Waals surface area contributed by atoms with E-state index in [1.54, 1.807) is 24.1 Å². The third kappa shape index (κ3) is 5.07. The lowest BCUT2D eigenvalue weighted by atomic mass is 10.2. The summed E-state index contributed by atoms with van der Waals surface area (Å²) in [5.41, 5.74) is 1.09. The van der Waals surface area contributed by atoms with E-state index in [9.17, 15) is 0 Å². The Morgan fingerprint density at radius 3 is 2.77 bits per heavy atom. The molecule has 0 aliphatic heterocycles. The molecule has 26 heavy (non-hydrogen) atoms. The van der Waals surface area contributed by atoms with Gasteiger partial charge in [0.1, 0.15) is 12.4 Å². The summed E-state index contributed by atoms with van der Waals surface area (Å²) >= 11 is 0. The van der Waals surface area contributed by atoms with Crippen LogP contribution in [0.4, 0.5) is 0 Å². The number of guanidine groups is 1. The van der Waals surface area contributed by atoms with Gasteiger partial charge in [-0.25, -0.2) is 9.67 Å². The fourth-order valence-corrected chi connectivity index (χ4v) is 2.36. The van der Waals surface area contributed by atoms with E-state index in [4.69, 9.17) is 4.74 Å². The quantitative estimate of drug-likeness (QED) is 0.387. The number of benzene rings is 1. The maximum atomic E-state index is 5.66. The Morgan fingerprint density at radius 1 is 1.12 bits per heavy atom. The Kier molecular flexibility index (Phi) is 6.19. The van der Waals surface area contributed by atoms with Crippen LogP contribution in [0.5, 0.6) is 5.75 Å². The first kappa shape index (κ1) is 17.5. The summed E-state index contributed by atoms with van der Waals surface area (Å²) in [6.45, 7) is 1.85. The zero-order valence-corrected chi connectivity index (χ0v) is 14.7. The van der Waals surface area contributed by atoms with Crippen LogP contribution < -0.4 is 15.4 Å². The first-order valence-corrected chi connectivity index (χ1v) is 8.42. The fourth-order valence-electron chi connectivity index (χ4n) is 2.36. The predicted molar refractivity (Wildman–Crippen MR) is 101 cm³/mol. The van der Waals surface area contributed by atoms with E-state index in [0.29, 0.717) is 19.7 Å². The van der Waals surface area contributed by atoms with Crippen LogP contribution in [-0.4, -0.2) is 40.9 Å². The van der Waals surface area contributed by atoms with Crippen LogP contribution in [0.2, 0.25) is 0 Å². The van der Waals surface area contributed by atoms with Crippen molar-refractivity contribution in [1.29, 1.82) is 0 Å². The lowest BCUT2D eigenvalue weighted by Crippen LogP contribution is -2.38. The van der Waals surface area contributed by atoms with Crippen LogP contribution in [0, 0.1) is 0 Å². The van der Waals surface area contributed by atoms with Gasteiger partial charge in [0.15, 0.2) is 11.8 Å². The number of hydrogen-bond acceptors (Lipinski definition) is 4. The molecule has 2 N–H and O–H groups in total. The van der Waals surface area contributed by atoms with Crippen molar-refractivity contribution < 1.29 is 4.74 Å². The van der Waals surface area contributed by atoms with E-state index < -0.39 is 0 Å². The molecule has 0 saturated carbocycles. The molecule has 3 rings (SSSR count). The summed E-state index contributed by atoms with van der Waals surface area (Å²) in [6, 6.07) is 15.6. The average molecular weight is 350 g/mol. The molecule has 0 aliphatic carbocycles. The fraction of sp³-hybridized carbons (Fsp3) is 0.211. The molecule has 0 fully saturated rings. The third-order valence-electron chi connectivity index (χ3n) is 3.64. The molecule has 0 aliphatic rings. The number of pyridine rings is 1. The number of ether oxygens (including phenoxy) is 1. The van der Waals surface area contributed by atoms with Gasteiger partial charge in [-0.1, -0.05) is 18.2 Å². The van der Waals surface area contributed by atoms with Crippen molar-refractivity contribution in [3.8, 4) is 11.6 Å². The molecule has 0 radical (unpaired) electrons. The lowest BCUT2D eigenvalue weighted by molar-refractivity contribution is 0.322. The number of aliphatic imine (C=N–C) groups is 1. The van der Waals surface area contributed by atoms with E-state index in [0.717, 1.165) is 23.1 Å². The first-order chi connectivity index (χ1) is 12.8. The van der Waals surface area contributed by atoms with Crippen LogP contribution in [0.3, 0.4) is 0 Å². The summed E-state index contributed by atoms with van der Waals surface area (Å²) in [5, 5.41) is 10.7. The minimum atomic E-state index is 0.559. The Balaban J connectivity index is 1.45. The van der Waals surface area contributed by atoms with Gasteiger partial charge in [-0.2, -0.15) is 5.10 Å². The maximum absolute atomic E-state index is 5.66. The number of nitrogens with one attached hydrogen (secondary N) is 2. The summed E-state index contributed by atoms with van der Waals surface area (Å²) in [5.74, 6) is 2.37. The van der Waals surface area contributed by atoms with Crippen LogP contribution in [-0.2, 0) is 6.54 Å². The highest BCUT2D eigenvalue weighted by atomic mass is 16.5. The topological polar surface area (TPSA) is 76.4 Å². The largest absolute Gasteiger partial charge is 0.492 e. The summed E-state index contributed by atoms with van der Waals surface area (Å²) in [6.07, 6.45) is 5.38. The molecular weight excluding hydrogens is 328 g/mol. The van der Waals surface area contributed by atoms with Gasteiger partial charge in [0.25, 0.3) is 0 Å². The van der Waals surface area contributed by atoms with Crippen molar-refractivity contribution in [2.24, 2.45) is 4.99 Å². The highest BCUT2D eigenvalue weighted by Crippen LogP contribution is 2.07. The minimum Gasteiger partial charge on any atom is -0.492 e. The molecule has 0 unspecified atom stereocenters. The van der Waals surface area contributed by atoms with Crippen LogP contribution >= 0.6 is 0 Å². The molecule has 7 nitrogen and oxygen atoms in total. The van der Waals surface area contributed by atoms with Crippen molar-refractivity contribution >= 4 is 5.96 Å². The highest BCUT2D eigenvalue weighted by Gasteiger charge is 2.02. The summed E-state index contributed by atoms with van der Waals surface area (Å²) in [7, 11) is 1.75. The monoisotopic (exact) mass is 350 g/mol. The lowest BCUT2D eigenvalue weighted by Gasteiger charge is -2.13. The third-order valence-corrected chi connectivity index (χ3v) is 3.64. The first-order valence-electron chi connectivity index (χ1n) is 8.42. The standard InChI is InChI=1S/C19H22N6O/c1-20-19(22-11-13-26-17-6-3-2-4-7-17)23-15-16-8-10-21-18(14-16)25-12-5-9-24-25/h2-10,12,14H,11,13,15H2,1H3,(H2,20,22,23). The number of aromatic nitrogens is 3. The number of rotatable bonds is 7. The summed E-state index contributed by atoms with van der Waals surface area (Å²) in [4.78, 5) is 8.55. The number of para-hydroxylation sites is 1. The smallest absolute Gasteiger partial charge is 0.191 e. The second-order valence-corrected chi connectivity index (χ2v) is 5.49. The Morgan fingerprint density at radius 2 is 2.00 bits per heavy atom. The maximum Gasteiger partial charge on any atom is 0.191 e. The van der Waals surface area contributed by atoms with Gasteiger partial charge in [-0.05, 0) is 35.9 Å². The Hall–Kier alpha value is -3.35. The van der Waals surface area contributed by atoms with Gasteiger partial charge in [0.2, 0.25) is 0 Å². The molecule has 7 heteroatoms.